The van der Waals surface area contributed by atoms with Crippen molar-refractivity contribution in [1.82, 2.24) is 15.1 Å². The van der Waals surface area contributed by atoms with Gasteiger partial charge in [0, 0.05) is 37.8 Å². The molecule has 0 unspecified atom stereocenters. The van der Waals surface area contributed by atoms with Crippen molar-refractivity contribution in [2.45, 2.75) is 38.6 Å². The molecule has 0 aromatic heterocycles. The summed E-state index contributed by atoms with van der Waals surface area (Å²) in [6.07, 6.45) is 3.90. The van der Waals surface area contributed by atoms with Crippen LogP contribution in [0.15, 0.2) is 24.3 Å². The monoisotopic (exact) mass is 315 g/mol. The van der Waals surface area contributed by atoms with Crippen molar-refractivity contribution in [2.75, 3.05) is 26.2 Å². The van der Waals surface area contributed by atoms with Crippen LogP contribution >= 0.6 is 0 Å². The van der Waals surface area contributed by atoms with Crippen LogP contribution in [0.3, 0.4) is 0 Å². The van der Waals surface area contributed by atoms with Crippen LogP contribution in [0.5, 0.6) is 0 Å². The second-order valence-electron chi connectivity index (χ2n) is 6.58. The molecular weight excluding hydrogens is 290 g/mol. The van der Waals surface area contributed by atoms with E-state index < -0.39 is 0 Å². The molecule has 2 heterocycles. The Morgan fingerprint density at radius 3 is 2.35 bits per heavy atom. The fraction of sp³-hybridized carbons (Fsp3) is 0.556. The van der Waals surface area contributed by atoms with Crippen molar-refractivity contribution in [3.05, 3.63) is 35.4 Å². The van der Waals surface area contributed by atoms with Crippen LogP contribution in [0.2, 0.25) is 0 Å². The highest BCUT2D eigenvalue weighted by Gasteiger charge is 2.28. The van der Waals surface area contributed by atoms with Gasteiger partial charge in [0.15, 0.2) is 0 Å². The summed E-state index contributed by atoms with van der Waals surface area (Å²) in [7, 11) is 0. The fourth-order valence-corrected chi connectivity index (χ4v) is 3.38. The summed E-state index contributed by atoms with van der Waals surface area (Å²) in [6, 6.07) is 7.97. The number of carbonyl (C=O) groups is 2. The van der Waals surface area contributed by atoms with Crippen LogP contribution in [0.1, 0.15) is 41.6 Å². The molecular formula is C18H25N3O2. The summed E-state index contributed by atoms with van der Waals surface area (Å²) < 4.78 is 0. The van der Waals surface area contributed by atoms with E-state index in [0.29, 0.717) is 5.56 Å². The summed E-state index contributed by atoms with van der Waals surface area (Å²) in [4.78, 5) is 28.5. The van der Waals surface area contributed by atoms with E-state index >= 15 is 0 Å². The van der Waals surface area contributed by atoms with Crippen LogP contribution in [0.25, 0.3) is 0 Å². The molecule has 0 radical (unpaired) electrons. The van der Waals surface area contributed by atoms with E-state index in [0.717, 1.165) is 57.4 Å². The van der Waals surface area contributed by atoms with Gasteiger partial charge in [-0.1, -0.05) is 17.7 Å². The fourth-order valence-electron chi connectivity index (χ4n) is 3.38. The molecule has 1 N–H and O–H groups in total. The van der Waals surface area contributed by atoms with Crippen LogP contribution in [0.4, 0.5) is 4.79 Å². The minimum atomic E-state index is -0.0157. The Kier molecular flexibility index (Phi) is 4.84. The molecule has 124 valence electrons. The third-order valence-electron chi connectivity index (χ3n) is 4.76. The molecule has 23 heavy (non-hydrogen) atoms. The standard InChI is InChI=1S/C18H25N3O2/c1-14-5-4-6-15(13-14)17(22)19-16-7-11-21(12-8-16)18(23)20-9-2-3-10-20/h4-6,13,16H,2-3,7-12H2,1H3,(H,19,22). The molecule has 2 fully saturated rings. The summed E-state index contributed by atoms with van der Waals surface area (Å²) in [5, 5.41) is 3.10. The van der Waals surface area contributed by atoms with E-state index in [1.54, 1.807) is 0 Å². The Morgan fingerprint density at radius 1 is 1.04 bits per heavy atom. The van der Waals surface area contributed by atoms with Gasteiger partial charge in [0.05, 0.1) is 0 Å². The lowest BCUT2D eigenvalue weighted by Crippen LogP contribution is -2.50. The minimum Gasteiger partial charge on any atom is -0.349 e. The lowest BCUT2D eigenvalue weighted by Gasteiger charge is -2.34. The predicted octanol–water partition coefficient (Wildman–Crippen LogP) is 2.41. The number of aryl methyl sites for hydroxylation is 1. The maximum Gasteiger partial charge on any atom is 0.319 e. The van der Waals surface area contributed by atoms with Crippen molar-refractivity contribution in [1.29, 1.82) is 0 Å². The van der Waals surface area contributed by atoms with E-state index in [-0.39, 0.29) is 18.0 Å². The lowest BCUT2D eigenvalue weighted by atomic mass is 10.0. The molecule has 1 aromatic carbocycles. The lowest BCUT2D eigenvalue weighted by molar-refractivity contribution is 0.0912. The Morgan fingerprint density at radius 2 is 1.70 bits per heavy atom. The highest BCUT2D eigenvalue weighted by molar-refractivity contribution is 5.94. The number of hydrogen-bond acceptors (Lipinski definition) is 2. The Balaban J connectivity index is 1.49. The SMILES string of the molecule is Cc1cccc(C(=O)NC2CCN(C(=O)N3CCCC3)CC2)c1. The Labute approximate surface area is 137 Å². The summed E-state index contributed by atoms with van der Waals surface area (Å²) in [5.74, 6) is -0.0157. The molecule has 0 bridgehead atoms. The number of urea groups is 1. The number of nitrogens with one attached hydrogen (secondary N) is 1. The first kappa shape index (κ1) is 15.8. The Hall–Kier alpha value is -2.04. The van der Waals surface area contributed by atoms with Gasteiger partial charge in [-0.05, 0) is 44.7 Å². The van der Waals surface area contributed by atoms with E-state index in [1.807, 2.05) is 41.0 Å². The van der Waals surface area contributed by atoms with E-state index in [9.17, 15) is 9.59 Å². The number of benzene rings is 1. The van der Waals surface area contributed by atoms with Gasteiger partial charge in [0.25, 0.3) is 5.91 Å². The summed E-state index contributed by atoms with van der Waals surface area (Å²) >= 11 is 0. The summed E-state index contributed by atoms with van der Waals surface area (Å²) in [5.41, 5.74) is 1.80. The highest BCUT2D eigenvalue weighted by atomic mass is 16.2. The molecule has 1 aromatic rings. The number of hydrogen-bond donors (Lipinski definition) is 1. The van der Waals surface area contributed by atoms with Crippen molar-refractivity contribution < 1.29 is 9.59 Å². The molecule has 0 atom stereocenters. The number of piperidine rings is 1. The molecule has 0 aliphatic carbocycles. The van der Waals surface area contributed by atoms with E-state index in [4.69, 9.17) is 0 Å². The smallest absolute Gasteiger partial charge is 0.319 e. The van der Waals surface area contributed by atoms with Gasteiger partial charge in [-0.25, -0.2) is 4.79 Å². The zero-order valence-electron chi connectivity index (χ0n) is 13.8. The normalized spacial score (nSPS) is 19.0. The minimum absolute atomic E-state index is 0.0157. The van der Waals surface area contributed by atoms with Gasteiger partial charge in [-0.3, -0.25) is 4.79 Å². The zero-order valence-corrected chi connectivity index (χ0v) is 13.8. The number of nitrogens with zero attached hydrogens (tertiary/aromatic N) is 2. The maximum absolute atomic E-state index is 12.4. The third kappa shape index (κ3) is 3.84. The predicted molar refractivity (Wildman–Crippen MR) is 89.4 cm³/mol. The van der Waals surface area contributed by atoms with Gasteiger partial charge in [-0.15, -0.1) is 0 Å². The average Bonchev–Trinajstić information content (AvgIpc) is 3.09. The molecule has 3 rings (SSSR count). The molecule has 2 aliphatic heterocycles. The number of rotatable bonds is 2. The first-order valence-corrected chi connectivity index (χ1v) is 8.55. The molecule has 0 spiro atoms. The molecule has 0 saturated carbocycles. The molecule has 2 saturated heterocycles. The number of amides is 3. The summed E-state index contributed by atoms with van der Waals surface area (Å²) in [6.45, 7) is 5.23. The second-order valence-corrected chi connectivity index (χ2v) is 6.58. The number of carbonyl (C=O) groups excluding carboxylic acids is 2. The molecule has 3 amide bonds. The molecule has 2 aliphatic rings. The van der Waals surface area contributed by atoms with Gasteiger partial charge >= 0.3 is 6.03 Å². The first-order valence-electron chi connectivity index (χ1n) is 8.55. The topological polar surface area (TPSA) is 52.7 Å². The quantitative estimate of drug-likeness (QED) is 0.911. The maximum atomic E-state index is 12.4. The van der Waals surface area contributed by atoms with Crippen LogP contribution in [-0.2, 0) is 0 Å². The van der Waals surface area contributed by atoms with Crippen LogP contribution in [-0.4, -0.2) is 54.0 Å². The third-order valence-corrected chi connectivity index (χ3v) is 4.76. The second kappa shape index (κ2) is 7.02. The number of likely N-dealkylation sites (tertiary alicyclic amines) is 2. The zero-order chi connectivity index (χ0) is 16.2. The van der Waals surface area contributed by atoms with Gasteiger partial charge in [-0.2, -0.15) is 0 Å². The highest BCUT2D eigenvalue weighted by Crippen LogP contribution is 2.16. The van der Waals surface area contributed by atoms with Crippen molar-refractivity contribution in [3.63, 3.8) is 0 Å². The van der Waals surface area contributed by atoms with Crippen LogP contribution in [0, 0.1) is 6.92 Å². The van der Waals surface area contributed by atoms with E-state index in [2.05, 4.69) is 5.32 Å². The van der Waals surface area contributed by atoms with Gasteiger partial charge < -0.3 is 15.1 Å². The molecule has 5 heteroatoms. The van der Waals surface area contributed by atoms with Crippen molar-refractivity contribution in [3.8, 4) is 0 Å². The average molecular weight is 315 g/mol. The molecule has 5 nitrogen and oxygen atoms in total. The van der Waals surface area contributed by atoms with E-state index in [1.165, 1.54) is 0 Å². The Bertz CT molecular complexity index is 573. The van der Waals surface area contributed by atoms with Gasteiger partial charge in [0.1, 0.15) is 0 Å². The van der Waals surface area contributed by atoms with Gasteiger partial charge in [0.2, 0.25) is 0 Å². The van der Waals surface area contributed by atoms with Crippen LogP contribution < -0.4 is 5.32 Å². The first-order chi connectivity index (χ1) is 11.1. The largest absolute Gasteiger partial charge is 0.349 e. The van der Waals surface area contributed by atoms with Crippen molar-refractivity contribution >= 4 is 11.9 Å². The van der Waals surface area contributed by atoms with Crippen molar-refractivity contribution in [2.24, 2.45) is 0 Å².